The summed E-state index contributed by atoms with van der Waals surface area (Å²) in [6.45, 7) is 2.06. The zero-order valence-corrected chi connectivity index (χ0v) is 17.3. The summed E-state index contributed by atoms with van der Waals surface area (Å²) >= 11 is 0. The average molecular weight is 422 g/mol. The highest BCUT2D eigenvalue weighted by Crippen LogP contribution is 2.18. The number of hydrogen-bond acceptors (Lipinski definition) is 4. The Labute approximate surface area is 176 Å². The number of carbonyl (C=O) groups is 1. The second-order valence-electron chi connectivity index (χ2n) is 6.73. The molecule has 0 bridgehead atoms. The van der Waals surface area contributed by atoms with Gasteiger partial charge < -0.3 is 11.1 Å². The van der Waals surface area contributed by atoms with Crippen LogP contribution in [0, 0.1) is 6.92 Å². The fraction of sp³-hybridized carbons (Fsp3) is 0.0870. The van der Waals surface area contributed by atoms with E-state index in [0.717, 1.165) is 11.1 Å². The van der Waals surface area contributed by atoms with E-state index in [0.29, 0.717) is 16.9 Å². The molecule has 1 amide bonds. The first kappa shape index (κ1) is 21.3. The number of carbonyl (C=O) groups excluding carboxylic acids is 1. The van der Waals surface area contributed by atoms with Gasteiger partial charge in [0.25, 0.3) is 5.91 Å². The maximum absolute atomic E-state index is 12.3. The molecule has 0 atom stereocenters. The molecule has 0 saturated heterocycles. The molecule has 4 N–H and O–H groups in total. The van der Waals surface area contributed by atoms with Gasteiger partial charge in [-0.1, -0.05) is 54.1 Å². The van der Waals surface area contributed by atoms with Crippen molar-refractivity contribution < 1.29 is 13.2 Å². The van der Waals surface area contributed by atoms with E-state index in [1.54, 1.807) is 84.9 Å². The largest absolute Gasteiger partial charge is 0.397 e. The predicted molar refractivity (Wildman–Crippen MR) is 121 cm³/mol. The standard InChI is InChI=1S/C23H23N3O3S/c1-17-8-14-20(15-9-17)30(28,29)25-16-4-5-18-10-12-19(13-11-18)23(27)26-22-7-3-2-6-21(22)24/h2-15,25H,16,24H2,1H3,(H,26,27). The van der Waals surface area contributed by atoms with E-state index in [1.165, 1.54) is 0 Å². The molecule has 3 aromatic carbocycles. The van der Waals surface area contributed by atoms with Crippen LogP contribution in [0.4, 0.5) is 11.4 Å². The molecule has 3 aromatic rings. The number of nitrogen functional groups attached to an aromatic ring is 1. The van der Waals surface area contributed by atoms with E-state index >= 15 is 0 Å². The highest BCUT2D eigenvalue weighted by Gasteiger charge is 2.11. The normalized spacial score (nSPS) is 11.5. The number of anilines is 2. The van der Waals surface area contributed by atoms with Gasteiger partial charge in [0.2, 0.25) is 10.0 Å². The minimum absolute atomic E-state index is 0.158. The molecule has 0 spiro atoms. The molecule has 0 aliphatic rings. The Morgan fingerprint density at radius 1 is 0.967 bits per heavy atom. The van der Waals surface area contributed by atoms with Crippen LogP contribution in [-0.2, 0) is 10.0 Å². The number of sulfonamides is 1. The number of nitrogens with one attached hydrogen (secondary N) is 2. The minimum Gasteiger partial charge on any atom is -0.397 e. The van der Waals surface area contributed by atoms with Crippen LogP contribution < -0.4 is 15.8 Å². The van der Waals surface area contributed by atoms with E-state index in [9.17, 15) is 13.2 Å². The van der Waals surface area contributed by atoms with Crippen molar-refractivity contribution in [1.82, 2.24) is 4.72 Å². The summed E-state index contributed by atoms with van der Waals surface area (Å²) in [5, 5.41) is 2.78. The van der Waals surface area contributed by atoms with Gasteiger partial charge in [-0.05, 0) is 48.9 Å². The summed E-state index contributed by atoms with van der Waals surface area (Å²) < 4.78 is 27.0. The van der Waals surface area contributed by atoms with Gasteiger partial charge in [0.05, 0.1) is 16.3 Å². The number of amides is 1. The molecule has 30 heavy (non-hydrogen) atoms. The third-order valence-corrected chi connectivity index (χ3v) is 5.85. The van der Waals surface area contributed by atoms with Crippen molar-refractivity contribution in [1.29, 1.82) is 0 Å². The Hall–Kier alpha value is -3.42. The fourth-order valence-corrected chi connectivity index (χ4v) is 3.68. The van der Waals surface area contributed by atoms with Gasteiger partial charge >= 0.3 is 0 Å². The molecule has 154 valence electrons. The smallest absolute Gasteiger partial charge is 0.255 e. The average Bonchev–Trinajstić information content (AvgIpc) is 2.73. The van der Waals surface area contributed by atoms with Crippen molar-refractivity contribution >= 4 is 33.4 Å². The molecule has 0 heterocycles. The SMILES string of the molecule is Cc1ccc(S(=O)(=O)NCC=Cc2ccc(C(=O)Nc3ccccc3N)cc2)cc1. The fourth-order valence-electron chi connectivity index (χ4n) is 2.70. The van der Waals surface area contributed by atoms with Gasteiger partial charge in [0, 0.05) is 12.1 Å². The first-order chi connectivity index (χ1) is 14.3. The second-order valence-corrected chi connectivity index (χ2v) is 8.50. The zero-order valence-electron chi connectivity index (χ0n) is 16.5. The highest BCUT2D eigenvalue weighted by atomic mass is 32.2. The lowest BCUT2D eigenvalue weighted by Gasteiger charge is -2.08. The lowest BCUT2D eigenvalue weighted by Crippen LogP contribution is -2.23. The van der Waals surface area contributed by atoms with Gasteiger partial charge in [-0.3, -0.25) is 4.79 Å². The predicted octanol–water partition coefficient (Wildman–Crippen LogP) is 3.82. The molecule has 6 nitrogen and oxygen atoms in total. The number of rotatable bonds is 7. The van der Waals surface area contributed by atoms with Crippen LogP contribution in [-0.4, -0.2) is 20.9 Å². The van der Waals surface area contributed by atoms with Crippen molar-refractivity contribution in [3.63, 3.8) is 0 Å². The molecule has 0 aliphatic carbocycles. The Bertz CT molecular complexity index is 1150. The molecular formula is C23H23N3O3S. The Morgan fingerprint density at radius 3 is 2.30 bits per heavy atom. The van der Waals surface area contributed by atoms with Crippen LogP contribution in [0.25, 0.3) is 6.08 Å². The summed E-state index contributed by atoms with van der Waals surface area (Å²) in [7, 11) is -3.55. The molecule has 0 radical (unpaired) electrons. The van der Waals surface area contributed by atoms with Crippen LogP contribution in [0.1, 0.15) is 21.5 Å². The summed E-state index contributed by atoms with van der Waals surface area (Å²) in [6, 6.07) is 20.7. The molecule has 7 heteroatoms. The van der Waals surface area contributed by atoms with E-state index in [1.807, 2.05) is 6.92 Å². The maximum atomic E-state index is 12.3. The third kappa shape index (κ3) is 5.56. The Balaban J connectivity index is 1.56. The maximum Gasteiger partial charge on any atom is 0.255 e. The number of aryl methyl sites for hydroxylation is 1. The quantitative estimate of drug-likeness (QED) is 0.505. The van der Waals surface area contributed by atoms with Crippen LogP contribution in [0.3, 0.4) is 0 Å². The van der Waals surface area contributed by atoms with Crippen LogP contribution in [0.5, 0.6) is 0 Å². The van der Waals surface area contributed by atoms with E-state index in [4.69, 9.17) is 5.73 Å². The van der Waals surface area contributed by atoms with Crippen molar-refractivity contribution in [2.24, 2.45) is 0 Å². The van der Waals surface area contributed by atoms with Gasteiger partial charge in [-0.2, -0.15) is 0 Å². The van der Waals surface area contributed by atoms with E-state index in [2.05, 4.69) is 10.0 Å². The molecule has 0 aliphatic heterocycles. The van der Waals surface area contributed by atoms with Gasteiger partial charge in [0.15, 0.2) is 0 Å². The molecule has 0 fully saturated rings. The summed E-state index contributed by atoms with van der Waals surface area (Å²) in [4.78, 5) is 12.6. The number of para-hydroxylation sites is 2. The van der Waals surface area contributed by atoms with Crippen molar-refractivity contribution in [2.45, 2.75) is 11.8 Å². The van der Waals surface area contributed by atoms with Crippen LogP contribution in [0.2, 0.25) is 0 Å². The summed E-state index contributed by atoms with van der Waals surface area (Å²) in [6.07, 6.45) is 3.50. The van der Waals surface area contributed by atoms with Gasteiger partial charge in [-0.15, -0.1) is 0 Å². The second kappa shape index (κ2) is 9.39. The molecule has 0 unspecified atom stereocenters. The third-order valence-electron chi connectivity index (χ3n) is 4.41. The number of hydrogen-bond donors (Lipinski definition) is 3. The number of benzene rings is 3. The lowest BCUT2D eigenvalue weighted by atomic mass is 10.1. The first-order valence-corrected chi connectivity index (χ1v) is 10.8. The van der Waals surface area contributed by atoms with Crippen molar-refractivity contribution in [2.75, 3.05) is 17.6 Å². The minimum atomic E-state index is -3.55. The zero-order chi connectivity index (χ0) is 21.6. The summed E-state index contributed by atoms with van der Waals surface area (Å²) in [5.41, 5.74) is 9.24. The van der Waals surface area contributed by atoms with Crippen molar-refractivity contribution in [3.05, 3.63) is 95.6 Å². The topological polar surface area (TPSA) is 101 Å². The molecular weight excluding hydrogens is 398 g/mol. The lowest BCUT2D eigenvalue weighted by molar-refractivity contribution is 0.102. The molecule has 0 saturated carbocycles. The molecule has 0 aromatic heterocycles. The Kier molecular flexibility index (Phi) is 6.66. The highest BCUT2D eigenvalue weighted by molar-refractivity contribution is 7.89. The van der Waals surface area contributed by atoms with Crippen molar-refractivity contribution in [3.8, 4) is 0 Å². The molecule has 3 rings (SSSR count). The first-order valence-electron chi connectivity index (χ1n) is 9.34. The summed E-state index contributed by atoms with van der Waals surface area (Å²) in [5.74, 6) is -0.255. The van der Waals surface area contributed by atoms with E-state index in [-0.39, 0.29) is 17.3 Å². The van der Waals surface area contributed by atoms with Crippen LogP contribution in [0.15, 0.2) is 83.8 Å². The van der Waals surface area contributed by atoms with Crippen LogP contribution >= 0.6 is 0 Å². The van der Waals surface area contributed by atoms with Gasteiger partial charge in [-0.25, -0.2) is 13.1 Å². The van der Waals surface area contributed by atoms with E-state index < -0.39 is 10.0 Å². The Morgan fingerprint density at radius 2 is 1.63 bits per heavy atom. The number of nitrogens with two attached hydrogens (primary N) is 1. The van der Waals surface area contributed by atoms with Gasteiger partial charge in [0.1, 0.15) is 0 Å². The monoisotopic (exact) mass is 421 g/mol.